The molecule has 0 aliphatic heterocycles. The summed E-state index contributed by atoms with van der Waals surface area (Å²) in [4.78, 5) is 37.6. The Bertz CT molecular complexity index is 1260. The van der Waals surface area contributed by atoms with Crippen LogP contribution in [0.5, 0.6) is 0 Å². The Balaban J connectivity index is 4.55. The molecular weight excluding hydrogens is 697 g/mol. The van der Waals surface area contributed by atoms with Crippen molar-refractivity contribution in [1.82, 2.24) is 0 Å². The molecule has 0 N–H and O–H groups in total. The predicted octanol–water partition coefficient (Wildman–Crippen LogP) is 13.8. The molecule has 0 heterocycles. The lowest BCUT2D eigenvalue weighted by Crippen LogP contribution is -2.30. The first-order chi connectivity index (χ1) is 27.5. The van der Waals surface area contributed by atoms with Gasteiger partial charge in [0.2, 0.25) is 0 Å². The number of hydrogen-bond acceptors (Lipinski definition) is 6. The van der Waals surface area contributed by atoms with Gasteiger partial charge in [-0.25, -0.2) is 0 Å². The molecule has 56 heavy (non-hydrogen) atoms. The van der Waals surface area contributed by atoms with Crippen molar-refractivity contribution in [2.75, 3.05) is 13.2 Å². The third-order valence-electron chi connectivity index (χ3n) is 8.32. The molecule has 0 aromatic carbocycles. The number of allylic oxidation sites excluding steroid dienone is 19. The number of esters is 3. The number of carbonyl (C=O) groups excluding carboxylic acids is 3. The molecule has 0 radical (unpaired) electrons. The number of rotatable bonds is 36. The fourth-order valence-corrected chi connectivity index (χ4v) is 5.17. The van der Waals surface area contributed by atoms with E-state index in [4.69, 9.17) is 14.2 Å². The minimum atomic E-state index is -0.836. The molecule has 0 rings (SSSR count). The fraction of sp³-hybridized carbons (Fsp3) is 0.540. The van der Waals surface area contributed by atoms with Gasteiger partial charge >= 0.3 is 17.9 Å². The molecule has 0 aliphatic rings. The van der Waals surface area contributed by atoms with Crippen LogP contribution >= 0.6 is 0 Å². The normalized spacial score (nSPS) is 13.3. The lowest BCUT2D eigenvalue weighted by atomic mass is 10.1. The Kier molecular flexibility index (Phi) is 40.3. The van der Waals surface area contributed by atoms with E-state index in [1.807, 2.05) is 30.4 Å². The second-order valence-corrected chi connectivity index (χ2v) is 13.6. The van der Waals surface area contributed by atoms with E-state index in [1.54, 1.807) is 6.08 Å². The van der Waals surface area contributed by atoms with E-state index in [0.717, 1.165) is 116 Å². The molecule has 0 aliphatic carbocycles. The topological polar surface area (TPSA) is 78.9 Å². The quantitative estimate of drug-likeness (QED) is 0.0207. The summed E-state index contributed by atoms with van der Waals surface area (Å²) in [5.41, 5.74) is 0. The van der Waals surface area contributed by atoms with Crippen molar-refractivity contribution in [1.29, 1.82) is 0 Å². The van der Waals surface area contributed by atoms with Gasteiger partial charge in [-0.15, -0.1) is 0 Å². The van der Waals surface area contributed by atoms with Crippen LogP contribution in [0.4, 0.5) is 0 Å². The summed E-state index contributed by atoms with van der Waals surface area (Å²) >= 11 is 0. The van der Waals surface area contributed by atoms with Crippen LogP contribution in [-0.2, 0) is 28.6 Å². The molecule has 6 heteroatoms. The maximum absolute atomic E-state index is 12.7. The van der Waals surface area contributed by atoms with Gasteiger partial charge in [0.25, 0.3) is 0 Å². The monoisotopic (exact) mass is 773 g/mol. The highest BCUT2D eigenvalue weighted by molar-refractivity contribution is 5.72. The number of unbranched alkanes of at least 4 members (excludes halogenated alkanes) is 9. The first kappa shape index (κ1) is 51.8. The molecular formula is C50H76O6. The summed E-state index contributed by atoms with van der Waals surface area (Å²) in [6, 6.07) is 0. The molecule has 6 nitrogen and oxygen atoms in total. The highest BCUT2D eigenvalue weighted by Crippen LogP contribution is 2.11. The van der Waals surface area contributed by atoms with Gasteiger partial charge in [-0.1, -0.05) is 174 Å². The molecule has 0 amide bonds. The molecule has 1 unspecified atom stereocenters. The van der Waals surface area contributed by atoms with Gasteiger partial charge in [0.05, 0.1) is 6.42 Å². The van der Waals surface area contributed by atoms with Crippen LogP contribution in [0.15, 0.2) is 122 Å². The SMILES string of the molecule is CC\C=C/C=C\C=C/C=C\CCCCCCCC(=O)OCC(COC(=O)C/C=C\C/C=C\C/C=C\CC)OC(=O)CCCCCC/C=C\C/C=C\C/C=C\CC. The van der Waals surface area contributed by atoms with E-state index >= 15 is 0 Å². The average molecular weight is 773 g/mol. The van der Waals surface area contributed by atoms with E-state index in [2.05, 4.69) is 106 Å². The van der Waals surface area contributed by atoms with Crippen molar-refractivity contribution in [2.24, 2.45) is 0 Å². The molecule has 0 bridgehead atoms. The predicted molar refractivity (Wildman–Crippen MR) is 237 cm³/mol. The third-order valence-corrected chi connectivity index (χ3v) is 8.32. The second-order valence-electron chi connectivity index (χ2n) is 13.6. The highest BCUT2D eigenvalue weighted by atomic mass is 16.6. The van der Waals surface area contributed by atoms with Crippen LogP contribution in [0, 0.1) is 0 Å². The van der Waals surface area contributed by atoms with Crippen molar-refractivity contribution < 1.29 is 28.6 Å². The molecule has 312 valence electrons. The zero-order valence-electron chi connectivity index (χ0n) is 35.3. The Morgan fingerprint density at radius 1 is 0.393 bits per heavy atom. The van der Waals surface area contributed by atoms with E-state index in [9.17, 15) is 14.4 Å². The van der Waals surface area contributed by atoms with Crippen LogP contribution in [-0.4, -0.2) is 37.2 Å². The summed E-state index contributed by atoms with van der Waals surface area (Å²) in [6.07, 6.45) is 59.3. The largest absolute Gasteiger partial charge is 0.462 e. The third kappa shape index (κ3) is 41.0. The van der Waals surface area contributed by atoms with Crippen LogP contribution < -0.4 is 0 Å². The summed E-state index contributed by atoms with van der Waals surface area (Å²) in [7, 11) is 0. The first-order valence-electron chi connectivity index (χ1n) is 21.6. The van der Waals surface area contributed by atoms with Gasteiger partial charge in [0.1, 0.15) is 13.2 Å². The summed E-state index contributed by atoms with van der Waals surface area (Å²) in [6.45, 7) is 6.08. The molecule has 0 aromatic rings. The number of hydrogen-bond donors (Lipinski definition) is 0. The Hall–Kier alpha value is -4.19. The van der Waals surface area contributed by atoms with Crippen molar-refractivity contribution in [3.8, 4) is 0 Å². The Labute approximate surface area is 342 Å². The lowest BCUT2D eigenvalue weighted by molar-refractivity contribution is -0.166. The second kappa shape index (κ2) is 43.5. The highest BCUT2D eigenvalue weighted by Gasteiger charge is 2.19. The van der Waals surface area contributed by atoms with E-state index in [-0.39, 0.29) is 38.0 Å². The van der Waals surface area contributed by atoms with Crippen LogP contribution in [0.3, 0.4) is 0 Å². The number of ether oxygens (including phenoxy) is 3. The molecule has 0 spiro atoms. The Morgan fingerprint density at radius 2 is 0.804 bits per heavy atom. The molecule has 1 atom stereocenters. The van der Waals surface area contributed by atoms with E-state index < -0.39 is 12.1 Å². The van der Waals surface area contributed by atoms with Gasteiger partial charge in [-0.05, 0) is 83.5 Å². The maximum Gasteiger partial charge on any atom is 0.309 e. The molecule has 0 saturated heterocycles. The van der Waals surface area contributed by atoms with Crippen molar-refractivity contribution in [3.63, 3.8) is 0 Å². The first-order valence-corrected chi connectivity index (χ1v) is 21.6. The molecule has 0 aromatic heterocycles. The lowest BCUT2D eigenvalue weighted by Gasteiger charge is -2.18. The Morgan fingerprint density at radius 3 is 1.38 bits per heavy atom. The maximum atomic E-state index is 12.7. The van der Waals surface area contributed by atoms with E-state index in [1.165, 1.54) is 0 Å². The van der Waals surface area contributed by atoms with Crippen molar-refractivity contribution >= 4 is 17.9 Å². The van der Waals surface area contributed by atoms with Crippen LogP contribution in [0.2, 0.25) is 0 Å². The van der Waals surface area contributed by atoms with Gasteiger partial charge in [-0.3, -0.25) is 14.4 Å². The minimum Gasteiger partial charge on any atom is -0.462 e. The summed E-state index contributed by atoms with van der Waals surface area (Å²) < 4.78 is 16.5. The van der Waals surface area contributed by atoms with Gasteiger partial charge < -0.3 is 14.2 Å². The fourth-order valence-electron chi connectivity index (χ4n) is 5.17. The molecule has 0 saturated carbocycles. The van der Waals surface area contributed by atoms with Crippen LogP contribution in [0.25, 0.3) is 0 Å². The zero-order valence-corrected chi connectivity index (χ0v) is 35.3. The van der Waals surface area contributed by atoms with Crippen molar-refractivity contribution in [2.45, 2.75) is 162 Å². The smallest absolute Gasteiger partial charge is 0.309 e. The minimum absolute atomic E-state index is 0.120. The summed E-state index contributed by atoms with van der Waals surface area (Å²) in [5, 5.41) is 0. The zero-order chi connectivity index (χ0) is 40.8. The average Bonchev–Trinajstić information content (AvgIpc) is 3.19. The molecule has 0 fully saturated rings. The number of carbonyl (C=O) groups is 3. The van der Waals surface area contributed by atoms with E-state index in [0.29, 0.717) is 6.42 Å². The van der Waals surface area contributed by atoms with Gasteiger partial charge in [-0.2, -0.15) is 0 Å². The van der Waals surface area contributed by atoms with Gasteiger partial charge in [0, 0.05) is 12.8 Å². The van der Waals surface area contributed by atoms with Crippen LogP contribution in [0.1, 0.15) is 156 Å². The standard InChI is InChI=1S/C50H76O6/c1-4-7-10-13-16-19-21-23-25-27-28-31-34-37-40-43-49(52)55-46-47(45-54-48(51)42-39-36-33-30-18-15-12-9-6-3)56-50(53)44-41-38-35-32-29-26-24-22-20-17-14-11-8-5-2/h7-13,16-21,23-26,30,36,39,47H,4-6,14-15,22,27-29,31-35,37-38,40-46H2,1-3H3/b10-7-,11-8-,12-9-,16-13-,20-17-,21-19-,25-23-,26-24-,30-18-,39-36-. The van der Waals surface area contributed by atoms with Gasteiger partial charge in [0.15, 0.2) is 6.10 Å². The van der Waals surface area contributed by atoms with Crippen molar-refractivity contribution in [3.05, 3.63) is 122 Å². The summed E-state index contributed by atoms with van der Waals surface area (Å²) in [5.74, 6) is -1.12.